The van der Waals surface area contributed by atoms with Crippen molar-refractivity contribution >= 4 is 32.7 Å². The van der Waals surface area contributed by atoms with Crippen molar-refractivity contribution in [3.05, 3.63) is 164 Å². The third-order valence-electron chi connectivity index (χ3n) is 8.76. The average Bonchev–Trinajstić information content (AvgIpc) is 3.55. The van der Waals surface area contributed by atoms with E-state index >= 15 is 0 Å². The highest BCUT2D eigenvalue weighted by atomic mass is 16.3. The van der Waals surface area contributed by atoms with Crippen LogP contribution in [0, 0.1) is 0 Å². The molecule has 9 rings (SSSR count). The Hall–Kier alpha value is -6.39. The van der Waals surface area contributed by atoms with Crippen LogP contribution >= 0.6 is 0 Å². The molecule has 7 aromatic carbocycles. The summed E-state index contributed by atoms with van der Waals surface area (Å²) in [5.74, 6) is 1.87. The van der Waals surface area contributed by atoms with Gasteiger partial charge in [0.25, 0.3) is 0 Å². The molecular weight excluding hydrogens is 574 g/mol. The van der Waals surface area contributed by atoms with E-state index in [0.29, 0.717) is 17.5 Å². The average molecular weight is 602 g/mol. The van der Waals surface area contributed by atoms with Gasteiger partial charge in [-0.3, -0.25) is 0 Å². The summed E-state index contributed by atoms with van der Waals surface area (Å²) < 4.78 is 6.63. The molecule has 0 aliphatic heterocycles. The minimum atomic E-state index is 0.607. The van der Waals surface area contributed by atoms with Crippen LogP contribution in [0.15, 0.2) is 168 Å². The molecular formula is C43H27N3O. The molecule has 47 heavy (non-hydrogen) atoms. The Labute approximate surface area is 271 Å². The number of benzene rings is 7. The second kappa shape index (κ2) is 11.2. The van der Waals surface area contributed by atoms with Crippen molar-refractivity contribution in [1.82, 2.24) is 15.0 Å². The van der Waals surface area contributed by atoms with Crippen LogP contribution in [0.5, 0.6) is 0 Å². The SMILES string of the molecule is c1ccc(-c2nc(-c3ccccc3)nc(-c3cccc4oc5c(-c6ccc(-c7cccc8ccccc78)cc6)cccc5c34)n2)cc1. The van der Waals surface area contributed by atoms with Crippen molar-refractivity contribution < 1.29 is 4.42 Å². The largest absolute Gasteiger partial charge is 0.455 e. The molecule has 220 valence electrons. The van der Waals surface area contributed by atoms with Crippen molar-refractivity contribution in [2.24, 2.45) is 0 Å². The van der Waals surface area contributed by atoms with E-state index in [9.17, 15) is 0 Å². The van der Waals surface area contributed by atoms with E-state index in [4.69, 9.17) is 19.4 Å². The molecule has 2 heterocycles. The van der Waals surface area contributed by atoms with Gasteiger partial charge >= 0.3 is 0 Å². The molecule has 0 saturated heterocycles. The molecule has 0 radical (unpaired) electrons. The first-order valence-electron chi connectivity index (χ1n) is 15.7. The van der Waals surface area contributed by atoms with Crippen molar-refractivity contribution in [3.8, 4) is 56.4 Å². The zero-order chi connectivity index (χ0) is 31.2. The highest BCUT2D eigenvalue weighted by molar-refractivity contribution is 6.15. The Morgan fingerprint density at radius 2 is 0.851 bits per heavy atom. The molecule has 4 heteroatoms. The Balaban J connectivity index is 1.19. The summed E-state index contributed by atoms with van der Waals surface area (Å²) in [6.45, 7) is 0. The molecule has 9 aromatic rings. The quantitative estimate of drug-likeness (QED) is 0.197. The molecule has 0 aliphatic rings. The van der Waals surface area contributed by atoms with Crippen LogP contribution in [0.25, 0.3) is 89.1 Å². The molecule has 0 bridgehead atoms. The maximum atomic E-state index is 6.63. The van der Waals surface area contributed by atoms with Gasteiger partial charge in [-0.05, 0) is 33.5 Å². The molecule has 0 fully saturated rings. The second-order valence-electron chi connectivity index (χ2n) is 11.6. The summed E-state index contributed by atoms with van der Waals surface area (Å²) in [4.78, 5) is 14.9. The van der Waals surface area contributed by atoms with Gasteiger partial charge in [0.05, 0.1) is 0 Å². The van der Waals surface area contributed by atoms with Gasteiger partial charge in [-0.15, -0.1) is 0 Å². The van der Waals surface area contributed by atoms with E-state index in [0.717, 1.165) is 49.8 Å². The monoisotopic (exact) mass is 601 g/mol. The Kier molecular flexibility index (Phi) is 6.43. The number of para-hydroxylation sites is 1. The van der Waals surface area contributed by atoms with Gasteiger partial charge in [0, 0.05) is 33.0 Å². The van der Waals surface area contributed by atoms with Gasteiger partial charge in [0.1, 0.15) is 11.2 Å². The van der Waals surface area contributed by atoms with Gasteiger partial charge in [-0.2, -0.15) is 0 Å². The van der Waals surface area contributed by atoms with Gasteiger partial charge in [0.2, 0.25) is 0 Å². The summed E-state index contributed by atoms with van der Waals surface area (Å²) in [5.41, 5.74) is 8.96. The van der Waals surface area contributed by atoms with Crippen LogP contribution in [0.4, 0.5) is 0 Å². The molecule has 0 N–H and O–H groups in total. The summed E-state index contributed by atoms with van der Waals surface area (Å²) in [7, 11) is 0. The maximum absolute atomic E-state index is 6.63. The molecule has 2 aromatic heterocycles. The van der Waals surface area contributed by atoms with Crippen molar-refractivity contribution in [2.75, 3.05) is 0 Å². The van der Waals surface area contributed by atoms with Crippen LogP contribution in [0.1, 0.15) is 0 Å². The lowest BCUT2D eigenvalue weighted by atomic mass is 9.95. The van der Waals surface area contributed by atoms with E-state index in [1.165, 1.54) is 21.9 Å². The van der Waals surface area contributed by atoms with Crippen LogP contribution in [0.2, 0.25) is 0 Å². The van der Waals surface area contributed by atoms with Crippen LogP contribution in [-0.4, -0.2) is 15.0 Å². The minimum Gasteiger partial charge on any atom is -0.455 e. The first-order valence-corrected chi connectivity index (χ1v) is 15.7. The Bertz CT molecular complexity index is 2490. The fourth-order valence-electron chi connectivity index (χ4n) is 6.50. The maximum Gasteiger partial charge on any atom is 0.164 e. The molecule has 0 amide bonds. The molecule has 0 atom stereocenters. The fourth-order valence-corrected chi connectivity index (χ4v) is 6.50. The van der Waals surface area contributed by atoms with Crippen LogP contribution < -0.4 is 0 Å². The summed E-state index contributed by atoms with van der Waals surface area (Å²) >= 11 is 0. The summed E-state index contributed by atoms with van der Waals surface area (Å²) in [6.07, 6.45) is 0. The summed E-state index contributed by atoms with van der Waals surface area (Å²) in [6, 6.07) is 56.3. The highest BCUT2D eigenvalue weighted by Crippen LogP contribution is 2.41. The highest BCUT2D eigenvalue weighted by Gasteiger charge is 2.19. The molecule has 0 unspecified atom stereocenters. The molecule has 4 nitrogen and oxygen atoms in total. The number of aromatic nitrogens is 3. The van der Waals surface area contributed by atoms with Gasteiger partial charge < -0.3 is 4.42 Å². The third-order valence-corrected chi connectivity index (χ3v) is 8.76. The second-order valence-corrected chi connectivity index (χ2v) is 11.6. The Morgan fingerprint density at radius 3 is 1.57 bits per heavy atom. The third kappa shape index (κ3) is 4.75. The first-order chi connectivity index (χ1) is 23.3. The van der Waals surface area contributed by atoms with Crippen molar-refractivity contribution in [3.63, 3.8) is 0 Å². The van der Waals surface area contributed by atoms with Gasteiger partial charge in [-0.25, -0.2) is 15.0 Å². The predicted molar refractivity (Wildman–Crippen MR) is 192 cm³/mol. The standard InChI is InChI=1S/C43H27N3O/c1-3-13-31(14-4-1)41-44-42(32-15-5-2-6-16-32)46-43(45-41)37-22-11-23-38-39(37)36-21-10-20-35(40(36)47-38)30-26-24-29(25-27-30)34-19-9-17-28-12-7-8-18-33(28)34/h1-27H. The lowest BCUT2D eigenvalue weighted by Crippen LogP contribution is -2.00. The van der Waals surface area contributed by atoms with E-state index in [1.54, 1.807) is 0 Å². The van der Waals surface area contributed by atoms with E-state index in [2.05, 4.69) is 91.0 Å². The predicted octanol–water partition coefficient (Wildman–Crippen LogP) is 11.3. The van der Waals surface area contributed by atoms with E-state index in [1.807, 2.05) is 72.8 Å². The number of hydrogen-bond donors (Lipinski definition) is 0. The number of rotatable bonds is 5. The topological polar surface area (TPSA) is 51.8 Å². The zero-order valence-corrected chi connectivity index (χ0v) is 25.3. The zero-order valence-electron chi connectivity index (χ0n) is 25.3. The van der Waals surface area contributed by atoms with E-state index in [-0.39, 0.29) is 0 Å². The summed E-state index contributed by atoms with van der Waals surface area (Å²) in [5, 5.41) is 4.50. The van der Waals surface area contributed by atoms with Crippen LogP contribution in [0.3, 0.4) is 0 Å². The van der Waals surface area contributed by atoms with Crippen LogP contribution in [-0.2, 0) is 0 Å². The van der Waals surface area contributed by atoms with Crippen molar-refractivity contribution in [1.29, 1.82) is 0 Å². The number of fused-ring (bicyclic) bond motifs is 4. The smallest absolute Gasteiger partial charge is 0.164 e. The molecule has 0 aliphatic carbocycles. The van der Waals surface area contributed by atoms with Crippen molar-refractivity contribution in [2.45, 2.75) is 0 Å². The van der Waals surface area contributed by atoms with Gasteiger partial charge in [-0.1, -0.05) is 158 Å². The lowest BCUT2D eigenvalue weighted by Gasteiger charge is -2.09. The number of nitrogens with zero attached hydrogens (tertiary/aromatic N) is 3. The normalized spacial score (nSPS) is 11.4. The number of furan rings is 1. The molecule has 0 spiro atoms. The lowest BCUT2D eigenvalue weighted by molar-refractivity contribution is 0.670. The van der Waals surface area contributed by atoms with E-state index < -0.39 is 0 Å². The number of hydrogen-bond acceptors (Lipinski definition) is 4. The fraction of sp³-hybridized carbons (Fsp3) is 0. The first kappa shape index (κ1) is 27.0. The minimum absolute atomic E-state index is 0.607. The molecule has 0 saturated carbocycles. The van der Waals surface area contributed by atoms with Gasteiger partial charge in [0.15, 0.2) is 17.5 Å². The Morgan fingerprint density at radius 1 is 0.340 bits per heavy atom.